The van der Waals surface area contributed by atoms with Crippen LogP contribution in [0.5, 0.6) is 5.75 Å². The van der Waals surface area contributed by atoms with Crippen LogP contribution in [0.25, 0.3) is 6.08 Å². The van der Waals surface area contributed by atoms with Gasteiger partial charge in [-0.15, -0.1) is 0 Å². The molecule has 0 spiro atoms. The highest BCUT2D eigenvalue weighted by Crippen LogP contribution is 2.33. The molecule has 116 valence electrons. The lowest BCUT2D eigenvalue weighted by atomic mass is 10.1. The van der Waals surface area contributed by atoms with Gasteiger partial charge in [0.05, 0.1) is 4.47 Å². The average molecular weight is 436 g/mol. The molecular weight excluding hydrogens is 424 g/mol. The first-order valence-electron chi connectivity index (χ1n) is 6.63. The third-order valence-corrected chi connectivity index (χ3v) is 4.08. The standard InChI is InChI=1S/C17H12Br2N2O2/c18-14-7-12(16(22)15(19)8-14)6-13(9-20)17(23)21-10-11-4-2-1-3-5-11/h1-8,22H,10H2,(H,21,23)/b13-6-. The molecule has 2 aromatic rings. The van der Waals surface area contributed by atoms with E-state index in [9.17, 15) is 15.2 Å². The number of rotatable bonds is 4. The minimum Gasteiger partial charge on any atom is -0.506 e. The third-order valence-electron chi connectivity index (χ3n) is 3.02. The first-order valence-corrected chi connectivity index (χ1v) is 8.22. The van der Waals surface area contributed by atoms with Crippen molar-refractivity contribution in [2.75, 3.05) is 0 Å². The van der Waals surface area contributed by atoms with Crippen molar-refractivity contribution in [2.45, 2.75) is 6.54 Å². The minimum absolute atomic E-state index is 0.0307. The van der Waals surface area contributed by atoms with Gasteiger partial charge in [-0.2, -0.15) is 5.26 Å². The average Bonchev–Trinajstić information content (AvgIpc) is 2.55. The van der Waals surface area contributed by atoms with E-state index in [1.165, 1.54) is 6.08 Å². The van der Waals surface area contributed by atoms with Gasteiger partial charge in [-0.3, -0.25) is 4.79 Å². The van der Waals surface area contributed by atoms with Gasteiger partial charge < -0.3 is 10.4 Å². The van der Waals surface area contributed by atoms with E-state index in [1.54, 1.807) is 12.1 Å². The van der Waals surface area contributed by atoms with Crippen molar-refractivity contribution in [3.05, 3.63) is 68.1 Å². The zero-order valence-corrected chi connectivity index (χ0v) is 15.1. The van der Waals surface area contributed by atoms with Crippen molar-refractivity contribution in [3.63, 3.8) is 0 Å². The molecular formula is C17H12Br2N2O2. The van der Waals surface area contributed by atoms with E-state index in [4.69, 9.17) is 0 Å². The molecule has 0 aliphatic carbocycles. The predicted octanol–water partition coefficient (Wildman–Crippen LogP) is 4.14. The summed E-state index contributed by atoms with van der Waals surface area (Å²) in [5.41, 5.74) is 1.23. The van der Waals surface area contributed by atoms with Crippen LogP contribution in [-0.4, -0.2) is 11.0 Å². The van der Waals surface area contributed by atoms with Gasteiger partial charge in [0.2, 0.25) is 0 Å². The quantitative estimate of drug-likeness (QED) is 0.559. The highest BCUT2D eigenvalue weighted by Gasteiger charge is 2.12. The molecule has 0 fully saturated rings. The van der Waals surface area contributed by atoms with Gasteiger partial charge in [0.1, 0.15) is 17.4 Å². The number of phenols is 1. The summed E-state index contributed by atoms with van der Waals surface area (Å²) in [7, 11) is 0. The molecule has 6 heteroatoms. The Balaban J connectivity index is 2.19. The number of amides is 1. The molecule has 0 unspecified atom stereocenters. The zero-order chi connectivity index (χ0) is 16.8. The van der Waals surface area contributed by atoms with E-state index in [1.807, 2.05) is 36.4 Å². The van der Waals surface area contributed by atoms with E-state index in [-0.39, 0.29) is 11.3 Å². The van der Waals surface area contributed by atoms with Crippen molar-refractivity contribution in [1.82, 2.24) is 5.32 Å². The van der Waals surface area contributed by atoms with E-state index >= 15 is 0 Å². The molecule has 0 radical (unpaired) electrons. The van der Waals surface area contributed by atoms with E-state index in [0.717, 1.165) is 10.0 Å². The van der Waals surface area contributed by atoms with Gasteiger partial charge in [0.25, 0.3) is 5.91 Å². The smallest absolute Gasteiger partial charge is 0.262 e. The summed E-state index contributed by atoms with van der Waals surface area (Å²) < 4.78 is 1.19. The Kier molecular flexibility index (Phi) is 5.97. The van der Waals surface area contributed by atoms with Crippen LogP contribution in [0.2, 0.25) is 0 Å². The fourth-order valence-electron chi connectivity index (χ4n) is 1.87. The lowest BCUT2D eigenvalue weighted by Gasteiger charge is -2.06. The fraction of sp³-hybridized carbons (Fsp3) is 0.0588. The normalized spacial score (nSPS) is 10.9. The van der Waals surface area contributed by atoms with Crippen LogP contribution in [0, 0.1) is 11.3 Å². The Labute approximate surface area is 150 Å². The summed E-state index contributed by atoms with van der Waals surface area (Å²) in [5.74, 6) is -0.524. The molecule has 23 heavy (non-hydrogen) atoms. The summed E-state index contributed by atoms with van der Waals surface area (Å²) in [6.45, 7) is 0.326. The highest BCUT2D eigenvalue weighted by molar-refractivity contribution is 9.11. The van der Waals surface area contributed by atoms with Crippen LogP contribution < -0.4 is 5.32 Å². The monoisotopic (exact) mass is 434 g/mol. The van der Waals surface area contributed by atoms with Gasteiger partial charge in [0.15, 0.2) is 0 Å². The second-order valence-corrected chi connectivity index (χ2v) is 6.43. The van der Waals surface area contributed by atoms with Crippen molar-refractivity contribution >= 4 is 43.8 Å². The molecule has 2 rings (SSSR count). The van der Waals surface area contributed by atoms with Crippen LogP contribution >= 0.6 is 31.9 Å². The van der Waals surface area contributed by atoms with Crippen molar-refractivity contribution < 1.29 is 9.90 Å². The van der Waals surface area contributed by atoms with Crippen LogP contribution in [0.3, 0.4) is 0 Å². The Bertz CT molecular complexity index is 796. The van der Waals surface area contributed by atoms with Crippen LogP contribution in [-0.2, 0) is 11.3 Å². The molecule has 0 saturated heterocycles. The SMILES string of the molecule is N#C/C(=C/c1cc(Br)cc(Br)c1O)C(=O)NCc1ccccc1. The Morgan fingerprint density at radius 3 is 2.61 bits per heavy atom. The summed E-state index contributed by atoms with van der Waals surface area (Å²) in [6.07, 6.45) is 1.35. The minimum atomic E-state index is -0.494. The molecule has 2 aromatic carbocycles. The second kappa shape index (κ2) is 7.95. The van der Waals surface area contributed by atoms with E-state index in [2.05, 4.69) is 37.2 Å². The largest absolute Gasteiger partial charge is 0.506 e. The Hall–Kier alpha value is -2.10. The number of hydrogen-bond donors (Lipinski definition) is 2. The maximum atomic E-state index is 12.1. The fourth-order valence-corrected chi connectivity index (χ4v) is 3.13. The van der Waals surface area contributed by atoms with E-state index < -0.39 is 5.91 Å². The molecule has 0 aliphatic heterocycles. The van der Waals surface area contributed by atoms with Gasteiger partial charge in [-0.1, -0.05) is 46.3 Å². The van der Waals surface area contributed by atoms with Gasteiger partial charge >= 0.3 is 0 Å². The van der Waals surface area contributed by atoms with Crippen molar-refractivity contribution in [1.29, 1.82) is 5.26 Å². The number of carbonyl (C=O) groups is 1. The summed E-state index contributed by atoms with van der Waals surface area (Å²) in [4.78, 5) is 12.1. The number of nitriles is 1. The van der Waals surface area contributed by atoms with E-state index in [0.29, 0.717) is 16.6 Å². The third kappa shape index (κ3) is 4.68. The number of nitrogens with one attached hydrogen (secondary N) is 1. The van der Waals surface area contributed by atoms with Gasteiger partial charge in [-0.25, -0.2) is 0 Å². The number of nitrogens with zero attached hydrogens (tertiary/aromatic N) is 1. The summed E-state index contributed by atoms with van der Waals surface area (Å²) in [5, 5.41) is 21.9. The molecule has 2 N–H and O–H groups in total. The van der Waals surface area contributed by atoms with Crippen LogP contribution in [0.4, 0.5) is 0 Å². The van der Waals surface area contributed by atoms with Gasteiger partial charge in [-0.05, 0) is 39.7 Å². The maximum Gasteiger partial charge on any atom is 0.262 e. The number of carbonyl (C=O) groups excluding carboxylic acids is 1. The number of phenolic OH excluding ortho intramolecular Hbond substituents is 1. The number of benzene rings is 2. The summed E-state index contributed by atoms with van der Waals surface area (Å²) >= 11 is 6.52. The van der Waals surface area contributed by atoms with Crippen LogP contribution in [0.15, 0.2) is 57.0 Å². The molecule has 0 aromatic heterocycles. The molecule has 1 amide bonds. The first kappa shape index (κ1) is 17.3. The topological polar surface area (TPSA) is 73.1 Å². The van der Waals surface area contributed by atoms with Crippen LogP contribution in [0.1, 0.15) is 11.1 Å². The molecule has 0 atom stereocenters. The maximum absolute atomic E-state index is 12.1. The Morgan fingerprint density at radius 1 is 1.26 bits per heavy atom. The Morgan fingerprint density at radius 2 is 1.96 bits per heavy atom. The molecule has 0 bridgehead atoms. The van der Waals surface area contributed by atoms with Crippen molar-refractivity contribution in [3.8, 4) is 11.8 Å². The number of aromatic hydroxyl groups is 1. The van der Waals surface area contributed by atoms with Gasteiger partial charge in [0, 0.05) is 16.6 Å². The van der Waals surface area contributed by atoms with Crippen molar-refractivity contribution in [2.24, 2.45) is 0 Å². The first-order chi connectivity index (χ1) is 11.0. The molecule has 0 heterocycles. The predicted molar refractivity (Wildman–Crippen MR) is 95.4 cm³/mol. The molecule has 0 aliphatic rings. The lowest BCUT2D eigenvalue weighted by Crippen LogP contribution is -2.23. The lowest BCUT2D eigenvalue weighted by molar-refractivity contribution is -0.117. The second-order valence-electron chi connectivity index (χ2n) is 4.66. The number of hydrogen-bond acceptors (Lipinski definition) is 3. The zero-order valence-electron chi connectivity index (χ0n) is 11.9. The molecule has 4 nitrogen and oxygen atoms in total. The summed E-state index contributed by atoms with van der Waals surface area (Å²) in [6, 6.07) is 14.6. The highest BCUT2D eigenvalue weighted by atomic mass is 79.9. The molecule has 0 saturated carbocycles. The number of halogens is 2.